The van der Waals surface area contributed by atoms with Gasteiger partial charge >= 0.3 is 5.97 Å². The molecule has 20 heavy (non-hydrogen) atoms. The van der Waals surface area contributed by atoms with Gasteiger partial charge in [-0.1, -0.05) is 33.1 Å². The summed E-state index contributed by atoms with van der Waals surface area (Å²) in [4.78, 5) is 17.3. The molecule has 0 fully saturated rings. The summed E-state index contributed by atoms with van der Waals surface area (Å²) in [6, 6.07) is 3.98. The maximum Gasteiger partial charge on any atom is 0.307 e. The second-order valence-electron chi connectivity index (χ2n) is 5.39. The molecule has 1 heterocycles. The van der Waals surface area contributed by atoms with Crippen LogP contribution in [0.1, 0.15) is 45.1 Å². The van der Waals surface area contributed by atoms with Crippen molar-refractivity contribution in [2.75, 3.05) is 13.1 Å². The molecule has 0 aliphatic carbocycles. The third-order valence-corrected chi connectivity index (χ3v) is 3.44. The number of hydrogen-bond donors (Lipinski definition) is 1. The zero-order chi connectivity index (χ0) is 14.8. The highest BCUT2D eigenvalue weighted by atomic mass is 16.4. The van der Waals surface area contributed by atoms with Crippen LogP contribution in [-0.4, -0.2) is 34.0 Å². The molecular weight excluding hydrogens is 252 g/mol. The summed E-state index contributed by atoms with van der Waals surface area (Å²) in [7, 11) is 0. The molecule has 0 aliphatic rings. The molecular formula is C16H26N2O2. The fourth-order valence-corrected chi connectivity index (χ4v) is 2.21. The van der Waals surface area contributed by atoms with E-state index in [0.717, 1.165) is 19.5 Å². The molecule has 0 aliphatic heterocycles. The number of unbranched alkanes of at least 4 members (excludes halogenated alkanes) is 3. The van der Waals surface area contributed by atoms with Crippen molar-refractivity contribution in [2.24, 2.45) is 5.92 Å². The molecule has 1 unspecified atom stereocenters. The van der Waals surface area contributed by atoms with Crippen LogP contribution in [-0.2, 0) is 11.3 Å². The molecule has 1 aromatic rings. The van der Waals surface area contributed by atoms with Crippen LogP contribution in [0.5, 0.6) is 0 Å². The molecule has 0 saturated heterocycles. The van der Waals surface area contributed by atoms with Gasteiger partial charge in [-0.05, 0) is 30.7 Å². The minimum atomic E-state index is -0.724. The monoisotopic (exact) mass is 278 g/mol. The molecule has 0 aromatic carbocycles. The Balaban J connectivity index is 2.51. The van der Waals surface area contributed by atoms with Crippen molar-refractivity contribution in [1.29, 1.82) is 0 Å². The van der Waals surface area contributed by atoms with E-state index in [4.69, 9.17) is 5.11 Å². The lowest BCUT2D eigenvalue weighted by atomic mass is 10.1. The summed E-state index contributed by atoms with van der Waals surface area (Å²) in [5.74, 6) is -1.05. The Morgan fingerprint density at radius 2 is 2.00 bits per heavy atom. The molecule has 0 radical (unpaired) electrons. The predicted molar refractivity (Wildman–Crippen MR) is 80.5 cm³/mol. The van der Waals surface area contributed by atoms with Gasteiger partial charge in [0.2, 0.25) is 0 Å². The first-order chi connectivity index (χ1) is 9.63. The van der Waals surface area contributed by atoms with Crippen LogP contribution in [0, 0.1) is 5.92 Å². The Kier molecular flexibility index (Phi) is 7.88. The van der Waals surface area contributed by atoms with Gasteiger partial charge in [-0.15, -0.1) is 0 Å². The molecule has 4 nitrogen and oxygen atoms in total. The molecule has 0 saturated carbocycles. The van der Waals surface area contributed by atoms with Gasteiger partial charge in [0.1, 0.15) is 0 Å². The van der Waals surface area contributed by atoms with Crippen molar-refractivity contribution in [3.8, 4) is 0 Å². The van der Waals surface area contributed by atoms with Gasteiger partial charge in [-0.25, -0.2) is 0 Å². The normalized spacial score (nSPS) is 12.6. The molecule has 1 atom stereocenters. The second-order valence-corrected chi connectivity index (χ2v) is 5.39. The summed E-state index contributed by atoms with van der Waals surface area (Å²) in [6.45, 7) is 6.32. The first-order valence-corrected chi connectivity index (χ1v) is 7.47. The predicted octanol–water partition coefficient (Wildman–Crippen LogP) is 3.18. The van der Waals surface area contributed by atoms with Gasteiger partial charge in [-0.2, -0.15) is 0 Å². The highest BCUT2D eigenvalue weighted by Crippen LogP contribution is 2.10. The summed E-state index contributed by atoms with van der Waals surface area (Å²) in [6.07, 6.45) is 8.37. The molecule has 4 heteroatoms. The van der Waals surface area contributed by atoms with Crippen LogP contribution in [0.15, 0.2) is 24.5 Å². The van der Waals surface area contributed by atoms with Crippen LogP contribution < -0.4 is 0 Å². The van der Waals surface area contributed by atoms with Crippen molar-refractivity contribution in [3.05, 3.63) is 30.1 Å². The lowest BCUT2D eigenvalue weighted by molar-refractivity contribution is -0.141. The molecule has 0 bridgehead atoms. The highest BCUT2D eigenvalue weighted by molar-refractivity contribution is 5.69. The van der Waals surface area contributed by atoms with Crippen LogP contribution in [0.4, 0.5) is 0 Å². The summed E-state index contributed by atoms with van der Waals surface area (Å²) in [5.41, 5.74) is 1.19. The highest BCUT2D eigenvalue weighted by Gasteiger charge is 2.16. The van der Waals surface area contributed by atoms with E-state index < -0.39 is 5.97 Å². The van der Waals surface area contributed by atoms with Crippen LogP contribution in [0.3, 0.4) is 0 Å². The Hall–Kier alpha value is -1.42. The van der Waals surface area contributed by atoms with Gasteiger partial charge in [0.05, 0.1) is 5.92 Å². The molecule has 1 N–H and O–H groups in total. The van der Waals surface area contributed by atoms with Gasteiger partial charge in [0, 0.05) is 25.5 Å². The smallest absolute Gasteiger partial charge is 0.307 e. The second kappa shape index (κ2) is 9.48. The first-order valence-electron chi connectivity index (χ1n) is 7.47. The fraction of sp³-hybridized carbons (Fsp3) is 0.625. The average molecular weight is 278 g/mol. The summed E-state index contributed by atoms with van der Waals surface area (Å²) in [5, 5.41) is 9.07. The minimum Gasteiger partial charge on any atom is -0.481 e. The van der Waals surface area contributed by atoms with E-state index in [0.29, 0.717) is 6.54 Å². The van der Waals surface area contributed by atoms with E-state index in [1.165, 1.54) is 24.8 Å². The number of carboxylic acid groups (broad SMARTS) is 1. The third-order valence-electron chi connectivity index (χ3n) is 3.44. The number of aliphatic carboxylic acids is 1. The van der Waals surface area contributed by atoms with Crippen LogP contribution in [0.2, 0.25) is 0 Å². The topological polar surface area (TPSA) is 53.4 Å². The first kappa shape index (κ1) is 16.6. The zero-order valence-electron chi connectivity index (χ0n) is 12.6. The lowest BCUT2D eigenvalue weighted by Gasteiger charge is -2.24. The van der Waals surface area contributed by atoms with Crippen molar-refractivity contribution < 1.29 is 9.90 Å². The van der Waals surface area contributed by atoms with Gasteiger partial charge in [-0.3, -0.25) is 14.7 Å². The van der Waals surface area contributed by atoms with Crippen molar-refractivity contribution in [3.63, 3.8) is 0 Å². The fourth-order valence-electron chi connectivity index (χ4n) is 2.21. The van der Waals surface area contributed by atoms with E-state index in [1.54, 1.807) is 19.3 Å². The Morgan fingerprint density at radius 3 is 2.60 bits per heavy atom. The maximum absolute atomic E-state index is 11.0. The van der Waals surface area contributed by atoms with Gasteiger partial charge in [0.25, 0.3) is 0 Å². The SMILES string of the molecule is CCCCCCN(Cc1ccncc1)CC(C)C(=O)O. The zero-order valence-corrected chi connectivity index (χ0v) is 12.6. The molecule has 1 rings (SSSR count). The number of rotatable bonds is 10. The Morgan fingerprint density at radius 1 is 1.30 bits per heavy atom. The molecule has 1 aromatic heterocycles. The van der Waals surface area contributed by atoms with Crippen molar-refractivity contribution >= 4 is 5.97 Å². The van der Waals surface area contributed by atoms with E-state index >= 15 is 0 Å². The minimum absolute atomic E-state index is 0.331. The molecule has 0 spiro atoms. The third kappa shape index (κ3) is 6.66. The Bertz CT molecular complexity index is 381. The lowest BCUT2D eigenvalue weighted by Crippen LogP contribution is -2.32. The molecule has 0 amide bonds. The Labute approximate surface area is 121 Å². The van der Waals surface area contributed by atoms with E-state index in [2.05, 4.69) is 16.8 Å². The number of nitrogens with zero attached hydrogens (tertiary/aromatic N) is 2. The molecule has 112 valence electrons. The summed E-state index contributed by atoms with van der Waals surface area (Å²) >= 11 is 0. The van der Waals surface area contributed by atoms with Crippen molar-refractivity contribution in [1.82, 2.24) is 9.88 Å². The van der Waals surface area contributed by atoms with Crippen LogP contribution in [0.25, 0.3) is 0 Å². The summed E-state index contributed by atoms with van der Waals surface area (Å²) < 4.78 is 0. The standard InChI is InChI=1S/C16H26N2O2/c1-3-4-5-6-11-18(12-14(2)16(19)20)13-15-7-9-17-10-8-15/h7-10,14H,3-6,11-13H2,1-2H3,(H,19,20). The van der Waals surface area contributed by atoms with Crippen molar-refractivity contribution in [2.45, 2.75) is 46.1 Å². The maximum atomic E-state index is 11.0. The van der Waals surface area contributed by atoms with Gasteiger partial charge in [0.15, 0.2) is 0 Å². The number of hydrogen-bond acceptors (Lipinski definition) is 3. The van der Waals surface area contributed by atoms with Gasteiger partial charge < -0.3 is 5.11 Å². The largest absolute Gasteiger partial charge is 0.481 e. The van der Waals surface area contributed by atoms with E-state index in [-0.39, 0.29) is 5.92 Å². The average Bonchev–Trinajstić information content (AvgIpc) is 2.44. The number of pyridine rings is 1. The number of carbonyl (C=O) groups is 1. The number of carboxylic acids is 1. The van der Waals surface area contributed by atoms with E-state index in [1.807, 2.05) is 12.1 Å². The van der Waals surface area contributed by atoms with Crippen LogP contribution >= 0.6 is 0 Å². The number of aromatic nitrogens is 1. The quantitative estimate of drug-likeness (QED) is 0.668. The van der Waals surface area contributed by atoms with E-state index in [9.17, 15) is 4.79 Å².